The number of aromatic nitrogens is 2. The molecule has 25 heavy (non-hydrogen) atoms. The largest absolute Gasteiger partial charge is 0.494 e. The molecule has 9 nitrogen and oxygen atoms in total. The Bertz CT molecular complexity index is 962. The molecule has 2 rings (SSSR count). The Labute approximate surface area is 147 Å². The number of benzene rings is 1. The Morgan fingerprint density at radius 2 is 1.80 bits per heavy atom. The number of aromatic hydroxyl groups is 1. The fourth-order valence-corrected chi connectivity index (χ4v) is 2.00. The van der Waals surface area contributed by atoms with Gasteiger partial charge < -0.3 is 5.11 Å². The molecular formula is C15H15N5O4S. The number of hydrazine groups is 1. The van der Waals surface area contributed by atoms with Gasteiger partial charge in [-0.25, -0.2) is 9.79 Å². The third-order valence-electron chi connectivity index (χ3n) is 3.30. The first kappa shape index (κ1) is 18.1. The Kier molecular flexibility index (Phi) is 5.45. The summed E-state index contributed by atoms with van der Waals surface area (Å²) >= 11 is 4.92. The van der Waals surface area contributed by atoms with Crippen LogP contribution in [0.4, 0.5) is 0 Å². The molecular weight excluding hydrogens is 346 g/mol. The van der Waals surface area contributed by atoms with E-state index in [1.807, 2.05) is 0 Å². The minimum absolute atomic E-state index is 0.139. The quantitative estimate of drug-likeness (QED) is 0.375. The molecule has 1 amide bonds. The van der Waals surface area contributed by atoms with Gasteiger partial charge >= 0.3 is 5.69 Å². The molecule has 0 saturated carbocycles. The van der Waals surface area contributed by atoms with Crippen LogP contribution in [0.2, 0.25) is 0 Å². The van der Waals surface area contributed by atoms with Crippen molar-refractivity contribution >= 4 is 29.5 Å². The Balaban J connectivity index is 2.10. The molecule has 1 heterocycles. The molecule has 130 valence electrons. The summed E-state index contributed by atoms with van der Waals surface area (Å²) in [5.41, 5.74) is 3.58. The molecule has 0 saturated heterocycles. The lowest BCUT2D eigenvalue weighted by Gasteiger charge is -2.08. The zero-order chi connectivity index (χ0) is 18.6. The van der Waals surface area contributed by atoms with E-state index in [1.165, 1.54) is 14.1 Å². The van der Waals surface area contributed by atoms with Crippen LogP contribution in [0.1, 0.15) is 15.9 Å². The van der Waals surface area contributed by atoms with Gasteiger partial charge in [0.1, 0.15) is 5.56 Å². The summed E-state index contributed by atoms with van der Waals surface area (Å²) in [6.07, 6.45) is 1.01. The van der Waals surface area contributed by atoms with Gasteiger partial charge in [0, 0.05) is 25.9 Å². The number of nitrogens with one attached hydrogen (secondary N) is 2. The summed E-state index contributed by atoms with van der Waals surface area (Å²) in [7, 11) is 2.59. The molecule has 0 fully saturated rings. The van der Waals surface area contributed by atoms with Gasteiger partial charge in [-0.3, -0.25) is 29.6 Å². The molecule has 0 radical (unpaired) electrons. The van der Waals surface area contributed by atoms with Crippen LogP contribution in [0.15, 0.2) is 44.9 Å². The standard InChI is InChI=1S/C15H15N5O4S/c1-19-12(22)10(13(23)20(2)15(19)24)8-16-14(25)18-17-11(21)9-6-4-3-5-7-9/h3-8,22H,1-2H3,(H,17,21)(H,18,25). The summed E-state index contributed by atoms with van der Waals surface area (Å²) in [6, 6.07) is 8.44. The van der Waals surface area contributed by atoms with E-state index in [9.17, 15) is 19.5 Å². The molecule has 0 aliphatic heterocycles. The topological polar surface area (TPSA) is 118 Å². The monoisotopic (exact) mass is 361 g/mol. The van der Waals surface area contributed by atoms with Crippen LogP contribution in [0.25, 0.3) is 0 Å². The minimum Gasteiger partial charge on any atom is -0.494 e. The van der Waals surface area contributed by atoms with Gasteiger partial charge in [-0.15, -0.1) is 0 Å². The van der Waals surface area contributed by atoms with Crippen molar-refractivity contribution in [2.75, 3.05) is 0 Å². The summed E-state index contributed by atoms with van der Waals surface area (Å²) < 4.78 is 1.73. The van der Waals surface area contributed by atoms with Gasteiger partial charge in [0.15, 0.2) is 0 Å². The highest BCUT2D eigenvalue weighted by Crippen LogP contribution is 2.05. The second-order valence-electron chi connectivity index (χ2n) is 4.95. The lowest BCUT2D eigenvalue weighted by Crippen LogP contribution is -2.40. The van der Waals surface area contributed by atoms with E-state index in [4.69, 9.17) is 12.2 Å². The predicted molar refractivity (Wildman–Crippen MR) is 95.8 cm³/mol. The maximum atomic E-state index is 12.0. The number of nitrogens with zero attached hydrogens (tertiary/aromatic N) is 3. The molecule has 3 N–H and O–H groups in total. The second kappa shape index (κ2) is 7.53. The van der Waals surface area contributed by atoms with Crippen LogP contribution in [-0.4, -0.2) is 31.5 Å². The van der Waals surface area contributed by atoms with Crippen LogP contribution < -0.4 is 22.1 Å². The van der Waals surface area contributed by atoms with Gasteiger partial charge in [-0.1, -0.05) is 18.2 Å². The van der Waals surface area contributed by atoms with E-state index in [0.29, 0.717) is 5.56 Å². The van der Waals surface area contributed by atoms with E-state index in [2.05, 4.69) is 15.8 Å². The van der Waals surface area contributed by atoms with Crippen molar-refractivity contribution in [3.05, 3.63) is 62.3 Å². The molecule has 0 aliphatic rings. The van der Waals surface area contributed by atoms with Crippen molar-refractivity contribution in [3.8, 4) is 5.88 Å². The molecule has 0 aliphatic carbocycles. The fraction of sp³-hybridized carbons (Fsp3) is 0.133. The Hall–Kier alpha value is -3.27. The van der Waals surface area contributed by atoms with Crippen LogP contribution >= 0.6 is 12.2 Å². The zero-order valence-electron chi connectivity index (χ0n) is 13.4. The highest BCUT2D eigenvalue weighted by molar-refractivity contribution is 7.80. The number of carbonyl (C=O) groups is 1. The number of aliphatic imine (C=N–C) groups is 1. The number of carbonyl (C=O) groups excluding carboxylic acids is 1. The van der Waals surface area contributed by atoms with Crippen molar-refractivity contribution in [3.63, 3.8) is 0 Å². The number of amides is 1. The van der Waals surface area contributed by atoms with Crippen molar-refractivity contribution in [1.29, 1.82) is 0 Å². The first-order chi connectivity index (χ1) is 11.8. The third kappa shape index (κ3) is 3.98. The van der Waals surface area contributed by atoms with Gasteiger partial charge in [-0.05, 0) is 24.4 Å². The van der Waals surface area contributed by atoms with Crippen LogP contribution in [0.3, 0.4) is 0 Å². The van der Waals surface area contributed by atoms with Crippen molar-refractivity contribution < 1.29 is 9.90 Å². The second-order valence-corrected chi connectivity index (χ2v) is 5.34. The molecule has 0 spiro atoms. The first-order valence-corrected chi connectivity index (χ1v) is 7.42. The average molecular weight is 361 g/mol. The number of rotatable bonds is 2. The minimum atomic E-state index is -0.722. The lowest BCUT2D eigenvalue weighted by molar-refractivity contribution is 0.0944. The summed E-state index contributed by atoms with van der Waals surface area (Å²) in [4.78, 5) is 39.3. The fourth-order valence-electron chi connectivity index (χ4n) is 1.90. The van der Waals surface area contributed by atoms with Gasteiger partial charge in [0.05, 0.1) is 0 Å². The average Bonchev–Trinajstić information content (AvgIpc) is 2.63. The number of thiocarbonyl (C=S) groups is 1. The SMILES string of the molecule is Cn1c(O)c(C=NC(=S)NNC(=O)c2ccccc2)c(=O)n(C)c1=O. The van der Waals surface area contributed by atoms with Crippen LogP contribution in [-0.2, 0) is 14.1 Å². The normalized spacial score (nSPS) is 10.6. The van der Waals surface area contributed by atoms with Gasteiger partial charge in [0.2, 0.25) is 11.0 Å². The summed E-state index contributed by atoms with van der Waals surface area (Å²) in [6.45, 7) is 0. The van der Waals surface area contributed by atoms with Crippen molar-refractivity contribution in [2.24, 2.45) is 19.1 Å². The van der Waals surface area contributed by atoms with Crippen molar-refractivity contribution in [1.82, 2.24) is 20.0 Å². The van der Waals surface area contributed by atoms with Crippen LogP contribution in [0.5, 0.6) is 5.88 Å². The summed E-state index contributed by atoms with van der Waals surface area (Å²) in [5, 5.41) is 9.75. The van der Waals surface area contributed by atoms with Crippen molar-refractivity contribution in [2.45, 2.75) is 0 Å². The molecule has 1 aromatic carbocycles. The Morgan fingerprint density at radius 3 is 2.44 bits per heavy atom. The number of hydrogen-bond donors (Lipinski definition) is 3. The molecule has 1 aromatic heterocycles. The molecule has 10 heteroatoms. The van der Waals surface area contributed by atoms with E-state index in [0.717, 1.165) is 15.3 Å². The summed E-state index contributed by atoms with van der Waals surface area (Å²) in [5.74, 6) is -0.952. The highest BCUT2D eigenvalue weighted by atomic mass is 32.1. The first-order valence-electron chi connectivity index (χ1n) is 7.01. The lowest BCUT2D eigenvalue weighted by atomic mass is 10.2. The maximum absolute atomic E-state index is 12.0. The number of hydrogen-bond acceptors (Lipinski definition) is 5. The predicted octanol–water partition coefficient (Wildman–Crippen LogP) is -0.572. The Morgan fingerprint density at radius 1 is 1.16 bits per heavy atom. The molecule has 2 aromatic rings. The molecule has 0 bridgehead atoms. The van der Waals surface area contributed by atoms with E-state index < -0.39 is 23.0 Å². The maximum Gasteiger partial charge on any atom is 0.333 e. The van der Waals surface area contributed by atoms with E-state index in [1.54, 1.807) is 30.3 Å². The molecule has 0 unspecified atom stereocenters. The smallest absolute Gasteiger partial charge is 0.333 e. The zero-order valence-corrected chi connectivity index (χ0v) is 14.2. The van der Waals surface area contributed by atoms with E-state index in [-0.39, 0.29) is 10.7 Å². The third-order valence-corrected chi connectivity index (χ3v) is 3.50. The molecule has 0 atom stereocenters. The van der Waals surface area contributed by atoms with E-state index >= 15 is 0 Å². The highest BCUT2D eigenvalue weighted by Gasteiger charge is 2.13. The van der Waals surface area contributed by atoms with Gasteiger partial charge in [0.25, 0.3) is 11.5 Å². The van der Waals surface area contributed by atoms with Crippen LogP contribution in [0, 0.1) is 0 Å². The van der Waals surface area contributed by atoms with Gasteiger partial charge in [-0.2, -0.15) is 0 Å².